The minimum Gasteiger partial charge on any atom is -0.448 e. The average Bonchev–Trinajstić information content (AvgIpc) is 3.37. The first-order valence-corrected chi connectivity index (χ1v) is 11.2. The summed E-state index contributed by atoms with van der Waals surface area (Å²) >= 11 is 0. The maximum Gasteiger partial charge on any atom is 0.300 e. The van der Waals surface area contributed by atoms with Crippen LogP contribution in [0, 0.1) is 6.92 Å². The Hall–Kier alpha value is -1.07. The summed E-state index contributed by atoms with van der Waals surface area (Å²) in [5.41, 5.74) is 0.958. The molecule has 1 heterocycles. The molecule has 0 spiro atoms. The molecule has 0 amide bonds. The number of ether oxygens (including phenoxy) is 1. The zero-order valence-electron chi connectivity index (χ0n) is 15.7. The van der Waals surface area contributed by atoms with Crippen molar-refractivity contribution in [2.24, 2.45) is 0 Å². The number of unbranched alkanes of at least 4 members (excludes halogenated alkanes) is 10. The second-order valence-corrected chi connectivity index (χ2v) is 8.54. The molecule has 2 rings (SSSR count). The van der Waals surface area contributed by atoms with E-state index in [9.17, 15) is 8.42 Å². The predicted molar refractivity (Wildman–Crippen MR) is 101 cm³/mol. The van der Waals surface area contributed by atoms with Gasteiger partial charge in [0.1, 0.15) is 4.90 Å². The summed E-state index contributed by atoms with van der Waals surface area (Å²) in [7, 11) is -3.69. The zero-order valence-corrected chi connectivity index (χ0v) is 16.5. The molecule has 4 nitrogen and oxygen atoms in total. The van der Waals surface area contributed by atoms with Gasteiger partial charge in [0.05, 0.1) is 6.61 Å². The van der Waals surface area contributed by atoms with E-state index in [0.29, 0.717) is 11.5 Å². The summed E-state index contributed by atoms with van der Waals surface area (Å²) in [5.74, 6) is 1.14. The Morgan fingerprint density at radius 1 is 0.840 bits per heavy atom. The van der Waals surface area contributed by atoms with Crippen molar-refractivity contribution in [1.82, 2.24) is 0 Å². The van der Waals surface area contributed by atoms with E-state index >= 15 is 0 Å². The lowest BCUT2D eigenvalue weighted by Crippen LogP contribution is -2.07. The molecule has 0 atom stereocenters. The Kier molecular flexibility index (Phi) is 8.24. The molecule has 0 aromatic heterocycles. The molecule has 5 heteroatoms. The molecule has 1 aliphatic heterocycles. The first kappa shape index (κ1) is 20.2. The minimum atomic E-state index is -3.69. The van der Waals surface area contributed by atoms with Gasteiger partial charge in [-0.3, -0.25) is 4.18 Å². The van der Waals surface area contributed by atoms with E-state index in [1.165, 1.54) is 51.4 Å². The van der Waals surface area contributed by atoms with Crippen LogP contribution in [0.3, 0.4) is 0 Å². The van der Waals surface area contributed by atoms with E-state index in [2.05, 4.69) is 6.92 Å². The standard InChI is InChI=1S/C20H32O4S/c1-3-4-5-6-7-8-9-10-11-12-13-16-23-25(21,22)18-15-14-17(2)19-20(18)24-19/h14-15H,3-13,16H2,1-2H3. The summed E-state index contributed by atoms with van der Waals surface area (Å²) in [5, 5.41) is 0. The maximum atomic E-state index is 12.2. The molecule has 142 valence electrons. The molecular weight excluding hydrogens is 336 g/mol. The maximum absolute atomic E-state index is 12.2. The Morgan fingerprint density at radius 2 is 1.40 bits per heavy atom. The van der Waals surface area contributed by atoms with Crippen molar-refractivity contribution in [3.63, 3.8) is 0 Å². The molecule has 0 bridgehead atoms. The Morgan fingerprint density at radius 3 is 2.00 bits per heavy atom. The van der Waals surface area contributed by atoms with Crippen LogP contribution >= 0.6 is 0 Å². The number of aryl methyl sites for hydroxylation is 1. The van der Waals surface area contributed by atoms with Gasteiger partial charge in [0, 0.05) is 0 Å². The number of hydrogen-bond acceptors (Lipinski definition) is 4. The lowest BCUT2D eigenvalue weighted by molar-refractivity contribution is 0.306. The highest BCUT2D eigenvalue weighted by Crippen LogP contribution is 2.52. The fourth-order valence-electron chi connectivity index (χ4n) is 3.05. The van der Waals surface area contributed by atoms with Gasteiger partial charge in [-0.1, -0.05) is 77.2 Å². The van der Waals surface area contributed by atoms with Crippen LogP contribution in [0.25, 0.3) is 0 Å². The summed E-state index contributed by atoms with van der Waals surface area (Å²) < 4.78 is 34.7. The van der Waals surface area contributed by atoms with Crippen LogP contribution in [0.1, 0.15) is 83.1 Å². The van der Waals surface area contributed by atoms with Crippen molar-refractivity contribution in [1.29, 1.82) is 0 Å². The third-order valence-electron chi connectivity index (χ3n) is 4.69. The highest BCUT2D eigenvalue weighted by Gasteiger charge is 2.33. The van der Waals surface area contributed by atoms with Gasteiger partial charge in [0.25, 0.3) is 0 Å². The van der Waals surface area contributed by atoms with Crippen molar-refractivity contribution >= 4 is 10.1 Å². The third kappa shape index (κ3) is 6.63. The molecule has 0 aliphatic carbocycles. The van der Waals surface area contributed by atoms with Crippen LogP contribution in [0.2, 0.25) is 0 Å². The Bertz CT molecular complexity index is 637. The van der Waals surface area contributed by atoms with Crippen molar-refractivity contribution in [2.45, 2.75) is 89.4 Å². The molecule has 0 fully saturated rings. The molecule has 0 radical (unpaired) electrons. The van der Waals surface area contributed by atoms with Gasteiger partial charge in [-0.2, -0.15) is 8.42 Å². The fourth-order valence-corrected chi connectivity index (χ4v) is 4.11. The van der Waals surface area contributed by atoms with Gasteiger partial charge in [-0.25, -0.2) is 0 Å². The Labute approximate surface area is 153 Å². The van der Waals surface area contributed by atoms with E-state index in [0.717, 1.165) is 24.8 Å². The first-order valence-electron chi connectivity index (χ1n) is 9.77. The second-order valence-electron chi connectivity index (χ2n) is 6.95. The summed E-state index contributed by atoms with van der Waals surface area (Å²) in [4.78, 5) is 0.163. The number of fused-ring (bicyclic) bond motifs is 1. The topological polar surface area (TPSA) is 55.9 Å². The van der Waals surface area contributed by atoms with Crippen molar-refractivity contribution < 1.29 is 17.3 Å². The molecule has 0 N–H and O–H groups in total. The zero-order chi connectivity index (χ0) is 18.1. The normalized spacial score (nSPS) is 12.7. The molecule has 0 saturated heterocycles. The van der Waals surface area contributed by atoms with E-state index in [1.54, 1.807) is 12.1 Å². The number of rotatable bonds is 14. The molecule has 0 saturated carbocycles. The average molecular weight is 369 g/mol. The van der Waals surface area contributed by atoms with Gasteiger partial charge in [-0.15, -0.1) is 0 Å². The van der Waals surface area contributed by atoms with Crippen molar-refractivity contribution in [3.8, 4) is 11.5 Å². The molecule has 1 aliphatic rings. The molecule has 25 heavy (non-hydrogen) atoms. The van der Waals surface area contributed by atoms with Gasteiger partial charge in [0.15, 0.2) is 11.5 Å². The summed E-state index contributed by atoms with van der Waals surface area (Å²) in [6.45, 7) is 4.39. The van der Waals surface area contributed by atoms with E-state index < -0.39 is 10.1 Å². The quantitative estimate of drug-likeness (QED) is 0.229. The van der Waals surface area contributed by atoms with Crippen LogP contribution in [0.15, 0.2) is 17.0 Å². The lowest BCUT2D eigenvalue weighted by atomic mass is 10.1. The van der Waals surface area contributed by atoms with Crippen LogP contribution in [0.4, 0.5) is 0 Å². The predicted octanol–water partition coefficient (Wildman–Crippen LogP) is 6.12. The largest absolute Gasteiger partial charge is 0.448 e. The SMILES string of the molecule is CCCCCCCCCCCCCOS(=O)(=O)c1ccc(C)c2c1O2. The molecular formula is C20H32O4S. The van der Waals surface area contributed by atoms with Crippen molar-refractivity contribution in [2.75, 3.05) is 6.61 Å². The van der Waals surface area contributed by atoms with E-state index in [-0.39, 0.29) is 11.5 Å². The first-order chi connectivity index (χ1) is 12.1. The van der Waals surface area contributed by atoms with Crippen LogP contribution in [-0.4, -0.2) is 15.0 Å². The van der Waals surface area contributed by atoms with E-state index in [1.807, 2.05) is 6.92 Å². The van der Waals surface area contributed by atoms with Crippen molar-refractivity contribution in [3.05, 3.63) is 17.7 Å². The summed E-state index contributed by atoms with van der Waals surface area (Å²) in [6, 6.07) is 3.32. The Balaban J connectivity index is 1.50. The van der Waals surface area contributed by atoms with Crippen LogP contribution < -0.4 is 4.74 Å². The number of benzene rings is 1. The van der Waals surface area contributed by atoms with Gasteiger partial charge in [-0.05, 0) is 25.0 Å². The van der Waals surface area contributed by atoms with Crippen LogP contribution in [-0.2, 0) is 14.3 Å². The van der Waals surface area contributed by atoms with Crippen LogP contribution in [0.5, 0.6) is 11.5 Å². The monoisotopic (exact) mass is 368 g/mol. The fraction of sp³-hybridized carbons (Fsp3) is 0.700. The molecule has 0 unspecified atom stereocenters. The number of hydrogen-bond donors (Lipinski definition) is 0. The second kappa shape index (κ2) is 10.2. The van der Waals surface area contributed by atoms with Gasteiger partial charge < -0.3 is 4.74 Å². The highest BCUT2D eigenvalue weighted by atomic mass is 32.2. The molecule has 1 aromatic rings. The smallest absolute Gasteiger partial charge is 0.300 e. The molecule has 1 aromatic carbocycles. The third-order valence-corrected chi connectivity index (χ3v) is 6.03. The minimum absolute atomic E-state index is 0.163. The highest BCUT2D eigenvalue weighted by molar-refractivity contribution is 7.86. The lowest BCUT2D eigenvalue weighted by Gasteiger charge is -2.05. The summed E-state index contributed by atoms with van der Waals surface area (Å²) in [6.07, 6.45) is 13.6. The van der Waals surface area contributed by atoms with Gasteiger partial charge >= 0.3 is 10.1 Å². The van der Waals surface area contributed by atoms with E-state index in [4.69, 9.17) is 8.92 Å². The van der Waals surface area contributed by atoms with Gasteiger partial charge in [0.2, 0.25) is 0 Å².